The van der Waals surface area contributed by atoms with Crippen LogP contribution in [0.3, 0.4) is 0 Å². The minimum atomic E-state index is -0.760. The van der Waals surface area contributed by atoms with Gasteiger partial charge >= 0.3 is 17.0 Å². The van der Waals surface area contributed by atoms with Gasteiger partial charge in [-0.1, -0.05) is 97.1 Å². The average molecular weight is 711 g/mol. The molecule has 0 radical (unpaired) electrons. The fourth-order valence-corrected chi connectivity index (χ4v) is 12.5. The molecule has 0 saturated heterocycles. The number of para-hydroxylation sites is 4. The first-order valence-corrected chi connectivity index (χ1v) is 19.4. The summed E-state index contributed by atoms with van der Waals surface area (Å²) >= 11 is 0. The minimum absolute atomic E-state index is 0.550. The molecular weight excluding hydrogens is 685 g/mol. The molecule has 2 spiro atoms. The zero-order chi connectivity index (χ0) is 35.8. The van der Waals surface area contributed by atoms with Crippen LogP contribution in [0.25, 0.3) is 88.1 Å². The Morgan fingerprint density at radius 3 is 1.39 bits per heavy atom. The maximum Gasteiger partial charge on any atom is 0.309 e. The van der Waals surface area contributed by atoms with Crippen LogP contribution < -0.4 is 9.13 Å². The largest absolute Gasteiger partial charge is 0.309 e. The number of fused-ring (bicyclic) bond motifs is 19. The molecule has 56 heavy (non-hydrogen) atoms. The third-order valence-corrected chi connectivity index (χ3v) is 14.1. The lowest BCUT2D eigenvalue weighted by Crippen LogP contribution is -2.73. The fourth-order valence-electron chi connectivity index (χ4n) is 12.5. The van der Waals surface area contributed by atoms with E-state index in [9.17, 15) is 0 Å². The van der Waals surface area contributed by atoms with Gasteiger partial charge in [0.2, 0.25) is 11.3 Å². The lowest BCUT2D eigenvalue weighted by Gasteiger charge is -2.43. The Hall–Kier alpha value is -7.44. The van der Waals surface area contributed by atoms with Gasteiger partial charge in [-0.2, -0.15) is 17.9 Å². The Kier molecular flexibility index (Phi) is 4.10. The lowest BCUT2D eigenvalue weighted by atomic mass is 9.58. The summed E-state index contributed by atoms with van der Waals surface area (Å²) in [5, 5.41) is 7.40. The summed E-state index contributed by atoms with van der Waals surface area (Å²) in [5.74, 6) is 0. The highest BCUT2D eigenvalue weighted by Gasteiger charge is 2.70. The normalized spacial score (nSPS) is 15.8. The zero-order valence-corrected chi connectivity index (χ0v) is 29.7. The van der Waals surface area contributed by atoms with Gasteiger partial charge in [-0.15, -0.1) is 0 Å². The predicted octanol–water partition coefficient (Wildman–Crippen LogP) is 9.08. The van der Waals surface area contributed by atoms with Crippen LogP contribution in [-0.4, -0.2) is 18.8 Å². The summed E-state index contributed by atoms with van der Waals surface area (Å²) in [5.41, 5.74) is 18.5. The van der Waals surface area contributed by atoms with Gasteiger partial charge in [-0.05, 0) is 81.9 Å². The van der Waals surface area contributed by atoms with E-state index in [4.69, 9.17) is 9.97 Å². The maximum absolute atomic E-state index is 5.15. The molecule has 6 aromatic heterocycles. The van der Waals surface area contributed by atoms with E-state index in [0.717, 1.165) is 33.1 Å². The van der Waals surface area contributed by atoms with Crippen molar-refractivity contribution in [3.05, 3.63) is 191 Å². The van der Waals surface area contributed by atoms with Crippen molar-refractivity contribution in [3.8, 4) is 11.1 Å². The molecule has 0 unspecified atom stereocenters. The molecule has 8 heterocycles. The Labute approximate surface area is 317 Å². The van der Waals surface area contributed by atoms with E-state index in [1.165, 1.54) is 88.4 Å². The first kappa shape index (κ1) is 27.2. The number of hydrogen-bond acceptors (Lipinski definition) is 2. The summed E-state index contributed by atoms with van der Waals surface area (Å²) in [7, 11) is 0. The van der Waals surface area contributed by atoms with Crippen molar-refractivity contribution in [1.29, 1.82) is 0 Å². The maximum atomic E-state index is 5.15. The number of benzene rings is 6. The average Bonchev–Trinajstić information content (AvgIpc) is 4.03. The van der Waals surface area contributed by atoms with Crippen LogP contribution in [0.5, 0.6) is 0 Å². The second kappa shape index (κ2) is 8.43. The molecule has 2 aliphatic carbocycles. The second-order valence-corrected chi connectivity index (χ2v) is 16.1. The van der Waals surface area contributed by atoms with E-state index in [0.29, 0.717) is 0 Å². The van der Waals surface area contributed by atoms with Gasteiger partial charge in [0.15, 0.2) is 22.1 Å². The summed E-state index contributed by atoms with van der Waals surface area (Å²) < 4.78 is 10.3. The van der Waals surface area contributed by atoms with Gasteiger partial charge in [0.25, 0.3) is 0 Å². The van der Waals surface area contributed by atoms with E-state index >= 15 is 0 Å². The van der Waals surface area contributed by atoms with E-state index < -0.39 is 11.1 Å². The lowest BCUT2D eigenvalue weighted by molar-refractivity contribution is -0.923. The van der Waals surface area contributed by atoms with Crippen molar-refractivity contribution >= 4 is 77.0 Å². The highest BCUT2D eigenvalue weighted by atomic mass is 15.4. The van der Waals surface area contributed by atoms with E-state index in [2.05, 4.69) is 164 Å². The van der Waals surface area contributed by atoms with Crippen LogP contribution in [0.1, 0.15) is 33.4 Å². The Bertz CT molecular complexity index is 3700. The van der Waals surface area contributed by atoms with Crippen LogP contribution in [0.4, 0.5) is 0 Å². The van der Waals surface area contributed by atoms with Crippen molar-refractivity contribution in [3.63, 3.8) is 0 Å². The van der Waals surface area contributed by atoms with E-state index in [1.54, 1.807) is 0 Å². The van der Waals surface area contributed by atoms with Crippen LogP contribution >= 0.6 is 0 Å². The molecule has 0 saturated carbocycles. The van der Waals surface area contributed by atoms with E-state index in [-0.39, 0.29) is 0 Å². The van der Waals surface area contributed by atoms with Crippen LogP contribution in [0, 0.1) is 0 Å². The topological polar surface area (TPSA) is 42.4 Å². The first-order chi connectivity index (χ1) is 27.8. The van der Waals surface area contributed by atoms with Crippen molar-refractivity contribution in [1.82, 2.24) is 18.8 Å². The SMILES string of the molecule is c1ccc2c(c1)-c1ccccc1C21c2ccc3c4cccnc4n4c5ccccc5[n+]5c4c3c2C52c3c1ccc1c4cccnc4n4c5ccccc5[n+]2c4c31. The molecule has 4 aliphatic rings. The van der Waals surface area contributed by atoms with Crippen molar-refractivity contribution < 1.29 is 9.13 Å². The van der Waals surface area contributed by atoms with Crippen LogP contribution in [0.15, 0.2) is 158 Å². The third-order valence-electron chi connectivity index (χ3n) is 14.1. The molecule has 6 heteroatoms. The molecule has 2 aliphatic heterocycles. The summed E-state index contributed by atoms with van der Waals surface area (Å²) in [6.07, 6.45) is 3.88. The van der Waals surface area contributed by atoms with Gasteiger partial charge in [0.05, 0.1) is 38.1 Å². The highest BCUT2D eigenvalue weighted by molar-refractivity contribution is 6.19. The van der Waals surface area contributed by atoms with Crippen molar-refractivity contribution in [2.75, 3.05) is 0 Å². The molecule has 0 fully saturated rings. The van der Waals surface area contributed by atoms with Crippen molar-refractivity contribution in [2.45, 2.75) is 11.1 Å². The van der Waals surface area contributed by atoms with Crippen LogP contribution in [-0.2, 0) is 11.1 Å². The Morgan fingerprint density at radius 2 is 0.875 bits per heavy atom. The molecule has 0 amide bonds. The van der Waals surface area contributed by atoms with Gasteiger partial charge in [0, 0.05) is 23.2 Å². The Morgan fingerprint density at radius 1 is 0.411 bits per heavy atom. The van der Waals surface area contributed by atoms with Gasteiger partial charge in [-0.25, -0.2) is 9.97 Å². The number of hydrogen-bond donors (Lipinski definition) is 0. The minimum Gasteiger partial charge on any atom is -0.217 e. The molecule has 6 nitrogen and oxygen atoms in total. The Balaban J connectivity index is 1.31. The van der Waals surface area contributed by atoms with Gasteiger partial charge in [0.1, 0.15) is 0 Å². The summed E-state index contributed by atoms with van der Waals surface area (Å²) in [6.45, 7) is 0. The zero-order valence-electron chi connectivity index (χ0n) is 29.7. The quantitative estimate of drug-likeness (QED) is 0.116. The second-order valence-electron chi connectivity index (χ2n) is 16.1. The molecule has 6 aromatic carbocycles. The highest BCUT2D eigenvalue weighted by Crippen LogP contribution is 2.66. The molecular formula is C50H26N6+2. The first-order valence-electron chi connectivity index (χ1n) is 19.4. The smallest absolute Gasteiger partial charge is 0.217 e. The molecule has 0 N–H and O–H groups in total. The summed E-state index contributed by atoms with van der Waals surface area (Å²) in [6, 6.07) is 54.8. The molecule has 16 rings (SSSR count). The molecule has 254 valence electrons. The summed E-state index contributed by atoms with van der Waals surface area (Å²) in [4.78, 5) is 10.3. The number of imidazole rings is 2. The van der Waals surface area contributed by atoms with E-state index in [1.807, 2.05) is 12.4 Å². The number of rotatable bonds is 0. The molecule has 12 aromatic rings. The van der Waals surface area contributed by atoms with Gasteiger partial charge < -0.3 is 0 Å². The number of nitrogens with zero attached hydrogens (tertiary/aromatic N) is 6. The standard InChI is InChI=1S/C50H26N6/c1-3-15-33-27(11-1)28-12-2-4-16-34(28)49(33)35-23-21-29-31-13-9-25-51-45(31)53-37-17-5-7-19-39(37)55-47(53)41(29)43(35)50(55)44-36(49)24-22-30-32-14-10-26-52-46(32)54-38-18-6-8-20-40(38)56(50)48(54)42(30)44/h1-26H/q+2. The number of aromatic nitrogens is 6. The monoisotopic (exact) mass is 710 g/mol. The number of pyridine rings is 4. The third kappa shape index (κ3) is 2.40. The van der Waals surface area contributed by atoms with Gasteiger partial charge in [-0.3, -0.25) is 0 Å². The van der Waals surface area contributed by atoms with Crippen molar-refractivity contribution in [2.24, 2.45) is 0 Å². The predicted molar refractivity (Wildman–Crippen MR) is 218 cm³/mol. The van der Waals surface area contributed by atoms with Crippen LogP contribution in [0.2, 0.25) is 0 Å². The fraction of sp³-hybridized carbons (Fsp3) is 0.0400. The molecule has 0 atom stereocenters. The molecule has 0 bridgehead atoms.